The quantitative estimate of drug-likeness (QED) is 0.691. The third kappa shape index (κ3) is 4.03. The van der Waals surface area contributed by atoms with Crippen LogP contribution in [0.2, 0.25) is 0 Å². The van der Waals surface area contributed by atoms with Crippen molar-refractivity contribution < 1.29 is 9.90 Å². The predicted octanol–water partition coefficient (Wildman–Crippen LogP) is 3.99. The fourth-order valence-corrected chi connectivity index (χ4v) is 8.69. The van der Waals surface area contributed by atoms with Crippen LogP contribution in [0.5, 0.6) is 5.75 Å². The van der Waals surface area contributed by atoms with Crippen LogP contribution in [-0.4, -0.2) is 57.1 Å². The molecular weight excluding hydrogens is 462 g/mol. The number of carbonyl (C=O) groups is 1. The standard InChI is InChI=1S/C31H39N3O3/c1-32-12-8-25(36)16-28(32)30(37)34-19-23-17-31-9-2-11-33(18-20-3-4-20)29(31)15-21-5-6-24(35)13-22(21)14-26(23)27(34)7-10-31/h5-6,8,12-13,16,20,23,26-27,29,35H,2-4,7,9-11,14-15,17-19H2,1H3/t23-,26?,27?,29?,31?/m1/s1. The number of amides is 1. The van der Waals surface area contributed by atoms with Crippen molar-refractivity contribution in [2.75, 3.05) is 19.6 Å². The van der Waals surface area contributed by atoms with Gasteiger partial charge in [0.1, 0.15) is 11.4 Å². The number of hydrogen-bond donors (Lipinski definition) is 1. The molecule has 2 aliphatic heterocycles. The number of aromatic nitrogens is 1. The van der Waals surface area contributed by atoms with Gasteiger partial charge < -0.3 is 14.6 Å². The fourth-order valence-electron chi connectivity index (χ4n) is 8.69. The van der Waals surface area contributed by atoms with Crippen LogP contribution < -0.4 is 5.43 Å². The van der Waals surface area contributed by atoms with Crippen LogP contribution in [0.25, 0.3) is 0 Å². The Labute approximate surface area is 219 Å². The number of pyridine rings is 1. The molecule has 3 aliphatic carbocycles. The molecule has 6 nitrogen and oxygen atoms in total. The van der Waals surface area contributed by atoms with Crippen molar-refractivity contribution in [1.82, 2.24) is 14.4 Å². The largest absolute Gasteiger partial charge is 0.508 e. The highest BCUT2D eigenvalue weighted by Crippen LogP contribution is 2.55. The van der Waals surface area contributed by atoms with Gasteiger partial charge in [-0.2, -0.15) is 0 Å². The predicted molar refractivity (Wildman–Crippen MR) is 143 cm³/mol. The van der Waals surface area contributed by atoms with Gasteiger partial charge in [-0.1, -0.05) is 6.07 Å². The lowest BCUT2D eigenvalue weighted by Crippen LogP contribution is -2.55. The number of hydrogen-bond acceptors (Lipinski definition) is 4. The zero-order valence-corrected chi connectivity index (χ0v) is 21.9. The van der Waals surface area contributed by atoms with E-state index in [4.69, 9.17) is 0 Å². The second kappa shape index (κ2) is 8.72. The van der Waals surface area contributed by atoms with Gasteiger partial charge in [0.25, 0.3) is 5.91 Å². The van der Waals surface area contributed by atoms with E-state index in [0.717, 1.165) is 31.7 Å². The summed E-state index contributed by atoms with van der Waals surface area (Å²) in [6, 6.07) is 9.78. The molecule has 5 atom stereocenters. The topological polar surface area (TPSA) is 65.8 Å². The maximum Gasteiger partial charge on any atom is 0.270 e. The number of piperidine rings is 1. The molecule has 1 aromatic heterocycles. The van der Waals surface area contributed by atoms with Crippen LogP contribution in [0.3, 0.4) is 0 Å². The lowest BCUT2D eigenvalue weighted by atomic mass is 9.64. The molecule has 2 saturated carbocycles. The third-order valence-electron chi connectivity index (χ3n) is 10.7. The maximum atomic E-state index is 13.9. The summed E-state index contributed by atoms with van der Waals surface area (Å²) in [6.45, 7) is 3.23. The van der Waals surface area contributed by atoms with Gasteiger partial charge in [-0.25, -0.2) is 0 Å². The van der Waals surface area contributed by atoms with Gasteiger partial charge in [-0.05, 0) is 111 Å². The van der Waals surface area contributed by atoms with Crippen LogP contribution in [0, 0.1) is 23.2 Å². The van der Waals surface area contributed by atoms with Gasteiger partial charge in [0.05, 0.1) is 0 Å². The van der Waals surface area contributed by atoms with Crippen LogP contribution >= 0.6 is 0 Å². The van der Waals surface area contributed by atoms with Gasteiger partial charge in [-0.3, -0.25) is 14.5 Å². The molecule has 1 N–H and O–H groups in total. The van der Waals surface area contributed by atoms with Crippen molar-refractivity contribution in [3.05, 3.63) is 63.6 Å². The number of phenolic OH excluding ortho intramolecular Hbond substituents is 1. The Morgan fingerprint density at radius 1 is 1.08 bits per heavy atom. The molecule has 7 rings (SSSR count). The molecule has 4 bridgehead atoms. The van der Waals surface area contributed by atoms with Gasteiger partial charge >= 0.3 is 0 Å². The Morgan fingerprint density at radius 3 is 2.78 bits per heavy atom. The first-order valence-corrected chi connectivity index (χ1v) is 14.4. The van der Waals surface area contributed by atoms with Gasteiger partial charge in [0.2, 0.25) is 0 Å². The molecule has 2 aromatic rings. The average Bonchev–Trinajstić information content (AvgIpc) is 3.64. The number of aryl methyl sites for hydroxylation is 1. The van der Waals surface area contributed by atoms with Crippen molar-refractivity contribution in [2.45, 2.75) is 69.9 Å². The molecule has 196 valence electrons. The highest BCUT2D eigenvalue weighted by Gasteiger charge is 2.55. The third-order valence-corrected chi connectivity index (χ3v) is 10.7. The van der Waals surface area contributed by atoms with E-state index in [9.17, 15) is 14.7 Å². The maximum absolute atomic E-state index is 13.9. The zero-order valence-electron chi connectivity index (χ0n) is 21.9. The van der Waals surface area contributed by atoms with Crippen molar-refractivity contribution in [2.24, 2.45) is 30.2 Å². The molecule has 1 spiro atoms. The molecule has 2 saturated heterocycles. The van der Waals surface area contributed by atoms with Crippen molar-refractivity contribution in [1.29, 1.82) is 0 Å². The number of rotatable bonds is 3. The highest BCUT2D eigenvalue weighted by atomic mass is 16.3. The molecular formula is C31H39N3O3. The molecule has 4 unspecified atom stereocenters. The zero-order chi connectivity index (χ0) is 25.3. The highest BCUT2D eigenvalue weighted by molar-refractivity contribution is 5.93. The van der Waals surface area contributed by atoms with E-state index in [1.54, 1.807) is 10.8 Å². The number of fused-ring (bicyclic) bond motifs is 1. The van der Waals surface area contributed by atoms with E-state index in [1.807, 2.05) is 19.2 Å². The van der Waals surface area contributed by atoms with Crippen LogP contribution in [-0.2, 0) is 19.9 Å². The molecule has 1 aromatic carbocycles. The number of aromatic hydroxyl groups is 1. The number of nitrogens with zero attached hydrogens (tertiary/aromatic N) is 3. The molecule has 5 aliphatic rings. The van der Waals surface area contributed by atoms with E-state index in [-0.39, 0.29) is 17.4 Å². The first-order chi connectivity index (χ1) is 17.9. The van der Waals surface area contributed by atoms with Gasteiger partial charge in [0, 0.05) is 50.6 Å². The Morgan fingerprint density at radius 2 is 1.95 bits per heavy atom. The molecule has 3 heterocycles. The van der Waals surface area contributed by atoms with E-state index in [1.165, 1.54) is 74.9 Å². The average molecular weight is 502 g/mol. The normalized spacial score (nSPS) is 33.2. The summed E-state index contributed by atoms with van der Waals surface area (Å²) in [4.78, 5) is 31.0. The Kier molecular flexibility index (Phi) is 5.54. The summed E-state index contributed by atoms with van der Waals surface area (Å²) in [5.74, 6) is 2.06. The van der Waals surface area contributed by atoms with Gasteiger partial charge in [-0.15, -0.1) is 0 Å². The van der Waals surface area contributed by atoms with E-state index >= 15 is 0 Å². The molecule has 37 heavy (non-hydrogen) atoms. The Hall–Kier alpha value is -2.60. The molecule has 1 amide bonds. The monoisotopic (exact) mass is 501 g/mol. The first kappa shape index (κ1) is 23.5. The van der Waals surface area contributed by atoms with Crippen LogP contribution in [0.15, 0.2) is 41.3 Å². The number of likely N-dealkylation sites (tertiary alicyclic amines) is 2. The summed E-state index contributed by atoms with van der Waals surface area (Å²) in [6.07, 6.45) is 12.5. The summed E-state index contributed by atoms with van der Waals surface area (Å²) < 4.78 is 1.79. The van der Waals surface area contributed by atoms with Crippen molar-refractivity contribution in [3.63, 3.8) is 0 Å². The Bertz CT molecular complexity index is 1280. The van der Waals surface area contributed by atoms with Gasteiger partial charge in [0.15, 0.2) is 5.43 Å². The second-order valence-electron chi connectivity index (χ2n) is 12.8. The molecule has 6 heteroatoms. The van der Waals surface area contributed by atoms with Crippen LogP contribution in [0.4, 0.5) is 0 Å². The number of carbonyl (C=O) groups excluding carboxylic acids is 1. The first-order valence-electron chi connectivity index (χ1n) is 14.4. The lowest BCUT2D eigenvalue weighted by molar-refractivity contribution is -0.0160. The number of phenols is 1. The summed E-state index contributed by atoms with van der Waals surface area (Å²) in [5.41, 5.74) is 3.35. The van der Waals surface area contributed by atoms with Crippen molar-refractivity contribution >= 4 is 5.91 Å². The molecule has 0 radical (unpaired) electrons. The summed E-state index contributed by atoms with van der Waals surface area (Å²) in [7, 11) is 1.85. The molecule has 4 fully saturated rings. The smallest absolute Gasteiger partial charge is 0.270 e. The van der Waals surface area contributed by atoms with E-state index < -0.39 is 0 Å². The van der Waals surface area contributed by atoms with Crippen LogP contribution in [0.1, 0.15) is 66.6 Å². The Balaban J connectivity index is 1.29. The van der Waals surface area contributed by atoms with E-state index in [2.05, 4.69) is 15.9 Å². The summed E-state index contributed by atoms with van der Waals surface area (Å²) in [5, 5.41) is 10.4. The second-order valence-corrected chi connectivity index (χ2v) is 12.8. The minimum atomic E-state index is -0.115. The summed E-state index contributed by atoms with van der Waals surface area (Å²) >= 11 is 0. The lowest BCUT2D eigenvalue weighted by Gasteiger charge is -2.52. The van der Waals surface area contributed by atoms with E-state index in [0.29, 0.717) is 34.7 Å². The fraction of sp³-hybridized carbons (Fsp3) is 0.613. The van der Waals surface area contributed by atoms with Crippen molar-refractivity contribution in [3.8, 4) is 5.75 Å². The number of benzene rings is 1. The SMILES string of the molecule is Cn1ccc(=O)cc1C(=O)N1C[C@H]2CC34CCCN(CC5CC5)C3Cc3ccc(O)cc3CC2C1CC4. The minimum Gasteiger partial charge on any atom is -0.508 e. The minimum absolute atomic E-state index is 0.00241.